The molecule has 0 radical (unpaired) electrons. The maximum atomic E-state index is 12.1. The molecule has 0 heterocycles. The van der Waals surface area contributed by atoms with Crippen LogP contribution in [0.15, 0.2) is 0 Å². The molecule has 0 aliphatic heterocycles. The number of hydrogen-bond acceptors (Lipinski definition) is 8. The molecule has 0 aromatic rings. The zero-order valence-electron chi connectivity index (χ0n) is 18.4. The minimum atomic E-state index is -1.33. The Morgan fingerprint density at radius 1 is 0.719 bits per heavy atom. The van der Waals surface area contributed by atoms with Crippen molar-refractivity contribution in [2.24, 2.45) is 0 Å². The fourth-order valence-corrected chi connectivity index (χ4v) is 2.62. The van der Waals surface area contributed by atoms with Crippen LogP contribution >= 0.6 is 0 Å². The van der Waals surface area contributed by atoms with E-state index in [-0.39, 0.29) is 51.7 Å². The summed E-state index contributed by atoms with van der Waals surface area (Å²) in [6.45, 7) is 3.59. The molecule has 12 heteroatoms. The number of aliphatic carboxylic acids is 2. The van der Waals surface area contributed by atoms with Gasteiger partial charge in [0.1, 0.15) is 12.1 Å². The standard InChI is InChI=1S/C20H32N2O10/c1-3-31-18(27)12-10-14(20(30)32-4-2)22-16(24)8-6-5-7-15(23)21-13(19(28)29)9-11-17(25)26/h13-14H,3-12H2,1-2H3,(H,21,23)(H,22,24)(H,25,26)(H,28,29). The summed E-state index contributed by atoms with van der Waals surface area (Å²) in [4.78, 5) is 69.1. The van der Waals surface area contributed by atoms with Gasteiger partial charge in [-0.05, 0) is 39.5 Å². The van der Waals surface area contributed by atoms with E-state index in [0.717, 1.165) is 0 Å². The van der Waals surface area contributed by atoms with Crippen molar-refractivity contribution in [1.82, 2.24) is 10.6 Å². The molecule has 2 unspecified atom stereocenters. The minimum Gasteiger partial charge on any atom is -0.481 e. The highest BCUT2D eigenvalue weighted by Crippen LogP contribution is 2.06. The fourth-order valence-electron chi connectivity index (χ4n) is 2.62. The molecule has 2 atom stereocenters. The molecule has 32 heavy (non-hydrogen) atoms. The van der Waals surface area contributed by atoms with Crippen molar-refractivity contribution in [3.8, 4) is 0 Å². The van der Waals surface area contributed by atoms with Gasteiger partial charge in [0.25, 0.3) is 0 Å². The summed E-state index contributed by atoms with van der Waals surface area (Å²) in [5.41, 5.74) is 0. The first-order chi connectivity index (χ1) is 15.1. The summed E-state index contributed by atoms with van der Waals surface area (Å²) in [6, 6.07) is -2.30. The number of carbonyl (C=O) groups is 6. The van der Waals surface area contributed by atoms with Crippen LogP contribution in [0, 0.1) is 0 Å². The van der Waals surface area contributed by atoms with Crippen LogP contribution in [0.2, 0.25) is 0 Å². The molecule has 0 rings (SSSR count). The van der Waals surface area contributed by atoms with Crippen molar-refractivity contribution in [2.75, 3.05) is 13.2 Å². The largest absolute Gasteiger partial charge is 0.481 e. The number of carboxylic acids is 2. The summed E-state index contributed by atoms with van der Waals surface area (Å²) in [5, 5.41) is 22.4. The van der Waals surface area contributed by atoms with E-state index in [0.29, 0.717) is 6.42 Å². The average Bonchev–Trinajstić information content (AvgIpc) is 2.71. The van der Waals surface area contributed by atoms with Crippen LogP contribution in [0.4, 0.5) is 0 Å². The second-order valence-corrected chi connectivity index (χ2v) is 6.81. The first-order valence-electron chi connectivity index (χ1n) is 10.5. The number of nitrogens with one attached hydrogen (secondary N) is 2. The lowest BCUT2D eigenvalue weighted by Crippen LogP contribution is -2.42. The number of unbranched alkanes of at least 4 members (excludes halogenated alkanes) is 1. The number of ether oxygens (including phenoxy) is 2. The van der Waals surface area contributed by atoms with E-state index in [1.54, 1.807) is 13.8 Å². The van der Waals surface area contributed by atoms with Crippen molar-refractivity contribution in [3.05, 3.63) is 0 Å². The molecule has 0 aliphatic carbocycles. The molecule has 0 aliphatic rings. The van der Waals surface area contributed by atoms with Gasteiger partial charge in [-0.25, -0.2) is 9.59 Å². The Labute approximate surface area is 186 Å². The topological polar surface area (TPSA) is 185 Å². The smallest absolute Gasteiger partial charge is 0.328 e. The van der Waals surface area contributed by atoms with Crippen molar-refractivity contribution in [3.63, 3.8) is 0 Å². The van der Waals surface area contributed by atoms with Gasteiger partial charge in [-0.3, -0.25) is 19.2 Å². The summed E-state index contributed by atoms with van der Waals surface area (Å²) in [6.07, 6.45) is -0.145. The van der Waals surface area contributed by atoms with Crippen LogP contribution in [0.1, 0.15) is 65.2 Å². The van der Waals surface area contributed by atoms with Crippen molar-refractivity contribution < 1.29 is 48.5 Å². The Balaban J connectivity index is 4.42. The first kappa shape index (κ1) is 28.8. The second-order valence-electron chi connectivity index (χ2n) is 6.81. The van der Waals surface area contributed by atoms with Gasteiger partial charge in [-0.15, -0.1) is 0 Å². The Bertz CT molecular complexity index is 665. The fraction of sp³-hybridized carbons (Fsp3) is 0.700. The third-order valence-corrected chi connectivity index (χ3v) is 4.19. The predicted octanol–water partition coefficient (Wildman–Crippen LogP) is 0.372. The van der Waals surface area contributed by atoms with E-state index >= 15 is 0 Å². The van der Waals surface area contributed by atoms with Crippen LogP contribution in [-0.4, -0.2) is 71.2 Å². The number of rotatable bonds is 17. The maximum Gasteiger partial charge on any atom is 0.328 e. The van der Waals surface area contributed by atoms with Crippen LogP contribution in [0.5, 0.6) is 0 Å². The highest BCUT2D eigenvalue weighted by molar-refractivity contribution is 5.85. The molecule has 4 N–H and O–H groups in total. The lowest BCUT2D eigenvalue weighted by Gasteiger charge is -2.17. The molecule has 0 saturated heterocycles. The van der Waals surface area contributed by atoms with Crippen molar-refractivity contribution in [1.29, 1.82) is 0 Å². The molecule has 0 aromatic carbocycles. The quantitative estimate of drug-likeness (QED) is 0.174. The van der Waals surface area contributed by atoms with Gasteiger partial charge in [0.05, 0.1) is 13.2 Å². The van der Waals surface area contributed by atoms with Crippen LogP contribution in [-0.2, 0) is 38.2 Å². The molecular weight excluding hydrogens is 428 g/mol. The maximum absolute atomic E-state index is 12.1. The van der Waals surface area contributed by atoms with Gasteiger partial charge in [0.2, 0.25) is 11.8 Å². The number of hydrogen-bond donors (Lipinski definition) is 4. The van der Waals surface area contributed by atoms with E-state index in [4.69, 9.17) is 19.7 Å². The molecule has 2 amide bonds. The van der Waals surface area contributed by atoms with Gasteiger partial charge >= 0.3 is 23.9 Å². The second kappa shape index (κ2) is 16.5. The SMILES string of the molecule is CCOC(=O)CCC(NC(=O)CCCCC(=O)NC(CCC(=O)O)C(=O)O)C(=O)OCC. The molecule has 182 valence electrons. The molecule has 0 spiro atoms. The van der Waals surface area contributed by atoms with Crippen molar-refractivity contribution in [2.45, 2.75) is 77.3 Å². The monoisotopic (exact) mass is 460 g/mol. The molecule has 0 aromatic heterocycles. The van der Waals surface area contributed by atoms with E-state index in [2.05, 4.69) is 10.6 Å². The van der Waals surface area contributed by atoms with Crippen LogP contribution in [0.25, 0.3) is 0 Å². The Morgan fingerprint density at radius 2 is 1.22 bits per heavy atom. The lowest BCUT2D eigenvalue weighted by atomic mass is 10.1. The van der Waals surface area contributed by atoms with Gasteiger partial charge in [-0.1, -0.05) is 0 Å². The molecular formula is C20H32N2O10. The highest BCUT2D eigenvalue weighted by atomic mass is 16.5. The third-order valence-electron chi connectivity index (χ3n) is 4.19. The van der Waals surface area contributed by atoms with Crippen LogP contribution in [0.3, 0.4) is 0 Å². The normalized spacial score (nSPS) is 12.2. The molecule has 12 nitrogen and oxygen atoms in total. The average molecular weight is 460 g/mol. The van der Waals surface area contributed by atoms with Crippen molar-refractivity contribution >= 4 is 35.7 Å². The number of amides is 2. The van der Waals surface area contributed by atoms with Gasteiger partial charge in [0, 0.05) is 25.7 Å². The number of esters is 2. The predicted molar refractivity (Wildman–Crippen MR) is 109 cm³/mol. The summed E-state index contributed by atoms with van der Waals surface area (Å²) < 4.78 is 9.70. The lowest BCUT2D eigenvalue weighted by molar-refractivity contribution is -0.149. The molecule has 0 bridgehead atoms. The van der Waals surface area contributed by atoms with E-state index in [9.17, 15) is 28.8 Å². The Morgan fingerprint density at radius 3 is 1.69 bits per heavy atom. The summed E-state index contributed by atoms with van der Waals surface area (Å²) in [5.74, 6) is -4.68. The summed E-state index contributed by atoms with van der Waals surface area (Å²) in [7, 11) is 0. The third kappa shape index (κ3) is 13.9. The number of carboxylic acid groups (broad SMARTS) is 2. The van der Waals surface area contributed by atoms with E-state index in [1.807, 2.05) is 0 Å². The number of carbonyl (C=O) groups excluding carboxylic acids is 4. The van der Waals surface area contributed by atoms with Gasteiger partial charge in [0.15, 0.2) is 0 Å². The van der Waals surface area contributed by atoms with E-state index < -0.39 is 54.2 Å². The van der Waals surface area contributed by atoms with Gasteiger partial charge < -0.3 is 30.3 Å². The molecule has 0 fully saturated rings. The minimum absolute atomic E-state index is 0.00393. The van der Waals surface area contributed by atoms with E-state index in [1.165, 1.54) is 0 Å². The summed E-state index contributed by atoms with van der Waals surface area (Å²) >= 11 is 0. The zero-order chi connectivity index (χ0) is 24.5. The first-order valence-corrected chi connectivity index (χ1v) is 10.5. The molecule has 0 saturated carbocycles. The Hall–Kier alpha value is -3.18. The Kier molecular flexibility index (Phi) is 14.9. The van der Waals surface area contributed by atoms with Gasteiger partial charge in [-0.2, -0.15) is 0 Å². The zero-order valence-corrected chi connectivity index (χ0v) is 18.4. The highest BCUT2D eigenvalue weighted by Gasteiger charge is 2.23. The van der Waals surface area contributed by atoms with Crippen LogP contribution < -0.4 is 10.6 Å².